The quantitative estimate of drug-likeness (QED) is 0.551. The smallest absolute Gasteiger partial charge is 0.168 e. The van der Waals surface area contributed by atoms with Crippen molar-refractivity contribution in [3.63, 3.8) is 0 Å². The maximum absolute atomic E-state index is 6.12. The van der Waals surface area contributed by atoms with Gasteiger partial charge in [0.2, 0.25) is 0 Å². The first kappa shape index (κ1) is 17.9. The number of hydrogen-bond donors (Lipinski definition) is 1. The second-order valence-corrected chi connectivity index (χ2v) is 7.20. The zero-order valence-corrected chi connectivity index (χ0v) is 16.4. The number of anilines is 3. The molecule has 0 unspecified atom stereocenters. The molecule has 1 fully saturated rings. The van der Waals surface area contributed by atoms with E-state index in [2.05, 4.69) is 49.5 Å². The Morgan fingerprint density at radius 1 is 0.966 bits per heavy atom. The van der Waals surface area contributed by atoms with Gasteiger partial charge in [0.15, 0.2) is 5.65 Å². The van der Waals surface area contributed by atoms with Crippen LogP contribution in [0.3, 0.4) is 0 Å². The number of halogens is 1. The van der Waals surface area contributed by atoms with Crippen LogP contribution < -0.4 is 10.2 Å². The summed E-state index contributed by atoms with van der Waals surface area (Å²) in [5.41, 5.74) is 3.72. The van der Waals surface area contributed by atoms with Gasteiger partial charge in [-0.15, -0.1) is 0 Å². The minimum absolute atomic E-state index is 0.652. The van der Waals surface area contributed by atoms with E-state index in [0.29, 0.717) is 10.8 Å². The van der Waals surface area contributed by atoms with Crippen molar-refractivity contribution in [3.05, 3.63) is 66.1 Å². The Kier molecular flexibility index (Phi) is 4.75. The molecular weight excluding hydrogens is 388 g/mol. The minimum Gasteiger partial charge on any atom is -0.378 e. The molecule has 0 amide bonds. The Balaban J connectivity index is 1.42. The lowest BCUT2D eigenvalue weighted by Crippen LogP contribution is -2.36. The fraction of sp³-hybridized carbons (Fsp3) is 0.190. The lowest BCUT2D eigenvalue weighted by molar-refractivity contribution is 0.122. The van der Waals surface area contributed by atoms with E-state index in [4.69, 9.17) is 16.3 Å². The number of nitrogens with one attached hydrogen (secondary N) is 1. The normalized spacial score (nSPS) is 14.3. The fourth-order valence-corrected chi connectivity index (χ4v) is 3.64. The number of nitrogens with zero attached hydrogens (tertiary/aromatic N) is 5. The van der Waals surface area contributed by atoms with Crippen LogP contribution in [0.4, 0.5) is 17.2 Å². The van der Waals surface area contributed by atoms with Gasteiger partial charge in [-0.2, -0.15) is 5.10 Å². The lowest BCUT2D eigenvalue weighted by atomic mass is 10.2. The molecule has 4 aromatic rings. The molecule has 1 saturated heterocycles. The summed E-state index contributed by atoms with van der Waals surface area (Å²) in [6.07, 6.45) is 3.30. The molecule has 1 aliphatic rings. The van der Waals surface area contributed by atoms with Crippen molar-refractivity contribution in [2.75, 3.05) is 36.5 Å². The molecule has 8 heteroatoms. The molecular formula is C21H19ClN6O. The first-order valence-corrected chi connectivity index (χ1v) is 9.80. The Morgan fingerprint density at radius 3 is 2.59 bits per heavy atom. The van der Waals surface area contributed by atoms with Crippen molar-refractivity contribution < 1.29 is 4.74 Å². The van der Waals surface area contributed by atoms with E-state index >= 15 is 0 Å². The van der Waals surface area contributed by atoms with Gasteiger partial charge in [-0.1, -0.05) is 17.7 Å². The third-order valence-corrected chi connectivity index (χ3v) is 5.16. The van der Waals surface area contributed by atoms with Crippen LogP contribution in [-0.4, -0.2) is 46.1 Å². The maximum atomic E-state index is 6.12. The number of aromatic nitrogens is 4. The molecule has 0 atom stereocenters. The van der Waals surface area contributed by atoms with E-state index in [1.807, 2.05) is 24.3 Å². The summed E-state index contributed by atoms with van der Waals surface area (Å²) in [6, 6.07) is 15.9. The first-order chi connectivity index (χ1) is 14.3. The molecule has 29 heavy (non-hydrogen) atoms. The van der Waals surface area contributed by atoms with Gasteiger partial charge in [-0.25, -0.2) is 14.6 Å². The van der Waals surface area contributed by atoms with Crippen LogP contribution in [0.1, 0.15) is 0 Å². The molecule has 0 radical (unpaired) electrons. The van der Waals surface area contributed by atoms with Crippen molar-refractivity contribution >= 4 is 39.8 Å². The van der Waals surface area contributed by atoms with E-state index in [0.717, 1.165) is 48.7 Å². The number of hydrogen-bond acceptors (Lipinski definition) is 6. The number of fused-ring (bicyclic) bond motifs is 1. The van der Waals surface area contributed by atoms with Crippen LogP contribution in [0.15, 0.2) is 61.1 Å². The predicted molar refractivity (Wildman–Crippen MR) is 114 cm³/mol. The molecule has 1 aliphatic heterocycles. The van der Waals surface area contributed by atoms with Crippen molar-refractivity contribution in [1.29, 1.82) is 0 Å². The summed E-state index contributed by atoms with van der Waals surface area (Å²) in [6.45, 7) is 3.38. The van der Waals surface area contributed by atoms with Crippen molar-refractivity contribution in [2.24, 2.45) is 0 Å². The minimum atomic E-state index is 0.652. The molecule has 2 aromatic heterocycles. The second kappa shape index (κ2) is 7.69. The Morgan fingerprint density at radius 2 is 1.79 bits per heavy atom. The highest BCUT2D eigenvalue weighted by atomic mass is 35.5. The Bertz CT molecular complexity index is 1140. The number of benzene rings is 2. The standard InChI is InChI=1S/C21H19ClN6O/c22-15-2-1-3-18(12-15)28-21-19(13-25-28)20(23-14-24-21)26-16-4-6-17(7-5-16)27-8-10-29-11-9-27/h1-7,12-14H,8-11H2,(H,23,24,26). The average molecular weight is 407 g/mol. The number of rotatable bonds is 4. The molecule has 2 aromatic carbocycles. The Hall–Kier alpha value is -3.16. The van der Waals surface area contributed by atoms with Gasteiger partial charge in [0.25, 0.3) is 0 Å². The van der Waals surface area contributed by atoms with Crippen LogP contribution in [0, 0.1) is 0 Å². The Labute approximate surface area is 172 Å². The molecule has 0 saturated carbocycles. The van der Waals surface area contributed by atoms with Gasteiger partial charge in [0.1, 0.15) is 12.1 Å². The molecule has 0 aliphatic carbocycles. The summed E-state index contributed by atoms with van der Waals surface area (Å²) >= 11 is 6.12. The van der Waals surface area contributed by atoms with Gasteiger partial charge in [0.05, 0.1) is 30.5 Å². The van der Waals surface area contributed by atoms with Crippen molar-refractivity contribution in [1.82, 2.24) is 19.7 Å². The third-order valence-electron chi connectivity index (χ3n) is 4.92. The van der Waals surface area contributed by atoms with Crippen LogP contribution in [0.5, 0.6) is 0 Å². The molecule has 0 bridgehead atoms. The monoisotopic (exact) mass is 406 g/mol. The molecule has 1 N–H and O–H groups in total. The molecule has 5 rings (SSSR count). The highest BCUT2D eigenvalue weighted by Gasteiger charge is 2.13. The fourth-order valence-electron chi connectivity index (χ4n) is 3.45. The average Bonchev–Trinajstić information content (AvgIpc) is 3.20. The highest BCUT2D eigenvalue weighted by Crippen LogP contribution is 2.26. The summed E-state index contributed by atoms with van der Waals surface area (Å²) in [5.74, 6) is 0.711. The molecule has 7 nitrogen and oxygen atoms in total. The number of ether oxygens (including phenoxy) is 1. The first-order valence-electron chi connectivity index (χ1n) is 9.42. The topological polar surface area (TPSA) is 68.1 Å². The molecule has 3 heterocycles. The summed E-state index contributed by atoms with van der Waals surface area (Å²) in [4.78, 5) is 11.1. The van der Waals surface area contributed by atoms with Gasteiger partial charge < -0.3 is 15.0 Å². The third kappa shape index (κ3) is 3.62. The molecule has 146 valence electrons. The highest BCUT2D eigenvalue weighted by molar-refractivity contribution is 6.30. The second-order valence-electron chi connectivity index (χ2n) is 6.77. The lowest BCUT2D eigenvalue weighted by Gasteiger charge is -2.28. The number of morpholine rings is 1. The van der Waals surface area contributed by atoms with Crippen molar-refractivity contribution in [3.8, 4) is 5.69 Å². The van der Waals surface area contributed by atoms with Gasteiger partial charge >= 0.3 is 0 Å². The predicted octanol–water partition coefficient (Wildman–Crippen LogP) is 4.05. The van der Waals surface area contributed by atoms with Gasteiger partial charge in [-0.05, 0) is 42.5 Å². The summed E-state index contributed by atoms with van der Waals surface area (Å²) in [7, 11) is 0. The van der Waals surface area contributed by atoms with Crippen LogP contribution in [-0.2, 0) is 4.74 Å². The summed E-state index contributed by atoms with van der Waals surface area (Å²) < 4.78 is 7.18. The van der Waals surface area contributed by atoms with Crippen LogP contribution in [0.25, 0.3) is 16.7 Å². The van der Waals surface area contributed by atoms with E-state index in [1.54, 1.807) is 10.9 Å². The van der Waals surface area contributed by atoms with Gasteiger partial charge in [-0.3, -0.25) is 0 Å². The van der Waals surface area contributed by atoms with Crippen LogP contribution >= 0.6 is 11.6 Å². The van der Waals surface area contributed by atoms with E-state index in [1.165, 1.54) is 12.0 Å². The van der Waals surface area contributed by atoms with E-state index < -0.39 is 0 Å². The molecule has 0 spiro atoms. The zero-order valence-electron chi connectivity index (χ0n) is 15.6. The van der Waals surface area contributed by atoms with E-state index in [9.17, 15) is 0 Å². The zero-order chi connectivity index (χ0) is 19.6. The largest absolute Gasteiger partial charge is 0.378 e. The van der Waals surface area contributed by atoms with Crippen molar-refractivity contribution in [2.45, 2.75) is 0 Å². The SMILES string of the molecule is Clc1cccc(-n2ncc3c(Nc4ccc(N5CCOCC5)cc4)ncnc32)c1. The summed E-state index contributed by atoms with van der Waals surface area (Å²) in [5, 5.41) is 9.35. The maximum Gasteiger partial charge on any atom is 0.168 e. The van der Waals surface area contributed by atoms with Gasteiger partial charge in [0, 0.05) is 29.5 Å². The van der Waals surface area contributed by atoms with E-state index in [-0.39, 0.29) is 0 Å². The van der Waals surface area contributed by atoms with Crippen LogP contribution in [0.2, 0.25) is 5.02 Å².